The number of hydrogen-bond donors (Lipinski definition) is 1. The van der Waals surface area contributed by atoms with E-state index in [4.69, 9.17) is 0 Å². The molecule has 1 aliphatic rings. The summed E-state index contributed by atoms with van der Waals surface area (Å²) in [5.74, 6) is -0.938. The Bertz CT molecular complexity index is 1070. The fraction of sp³-hybridized carbons (Fsp3) is 0.409. The van der Waals surface area contributed by atoms with Gasteiger partial charge < -0.3 is 15.1 Å². The lowest BCUT2D eigenvalue weighted by Crippen LogP contribution is -2.46. The molecule has 170 valence electrons. The van der Waals surface area contributed by atoms with Crippen LogP contribution in [-0.2, 0) is 0 Å². The Labute approximate surface area is 185 Å². The van der Waals surface area contributed by atoms with Crippen molar-refractivity contribution < 1.29 is 19.3 Å². The van der Waals surface area contributed by atoms with Crippen molar-refractivity contribution in [1.82, 2.24) is 20.0 Å². The molecule has 3 rings (SSSR count). The number of carbonyl (C=O) groups excluding carboxylic acids is 3. The number of hydrogen-bond acceptors (Lipinski definition) is 6. The van der Waals surface area contributed by atoms with Crippen LogP contribution >= 0.6 is 0 Å². The van der Waals surface area contributed by atoms with Crippen LogP contribution in [0.1, 0.15) is 34.6 Å². The summed E-state index contributed by atoms with van der Waals surface area (Å²) in [7, 11) is 1.71. The molecule has 2 aromatic rings. The number of amides is 4. The molecule has 0 unspecified atom stereocenters. The molecular formula is C22H27N5O5. The maximum absolute atomic E-state index is 13.1. The lowest BCUT2D eigenvalue weighted by molar-refractivity contribution is -0.384. The number of nitro groups is 1. The molecule has 10 nitrogen and oxygen atoms in total. The van der Waals surface area contributed by atoms with E-state index in [1.54, 1.807) is 30.1 Å². The minimum atomic E-state index is -0.542. The largest absolute Gasteiger partial charge is 0.337 e. The first-order valence-electron chi connectivity index (χ1n) is 10.6. The molecule has 2 aromatic carbocycles. The summed E-state index contributed by atoms with van der Waals surface area (Å²) in [6.45, 7) is 6.70. The van der Waals surface area contributed by atoms with Gasteiger partial charge in [-0.15, -0.1) is 0 Å². The molecule has 0 fully saturated rings. The van der Waals surface area contributed by atoms with Crippen LogP contribution < -0.4 is 5.32 Å². The van der Waals surface area contributed by atoms with Crippen LogP contribution in [0.5, 0.6) is 0 Å². The highest BCUT2D eigenvalue weighted by Crippen LogP contribution is 2.33. The summed E-state index contributed by atoms with van der Waals surface area (Å²) in [4.78, 5) is 53.5. The third-order valence-electron chi connectivity index (χ3n) is 5.74. The van der Waals surface area contributed by atoms with Gasteiger partial charge in [-0.25, -0.2) is 4.79 Å². The van der Waals surface area contributed by atoms with Crippen LogP contribution in [0, 0.1) is 10.1 Å². The van der Waals surface area contributed by atoms with Gasteiger partial charge in [0.2, 0.25) is 0 Å². The normalized spacial score (nSPS) is 13.1. The van der Waals surface area contributed by atoms with Gasteiger partial charge in [-0.1, -0.05) is 19.1 Å². The van der Waals surface area contributed by atoms with Crippen molar-refractivity contribution >= 4 is 34.3 Å². The second-order valence-corrected chi connectivity index (χ2v) is 7.60. The number of nitrogens with one attached hydrogen (secondary N) is 1. The summed E-state index contributed by atoms with van der Waals surface area (Å²) in [5.41, 5.74) is 0.350. The molecule has 0 radical (unpaired) electrons. The van der Waals surface area contributed by atoms with Crippen molar-refractivity contribution in [3.05, 3.63) is 51.6 Å². The number of non-ortho nitro benzene ring substituents is 1. The predicted octanol–water partition coefficient (Wildman–Crippen LogP) is 2.33. The van der Waals surface area contributed by atoms with Gasteiger partial charge in [-0.05, 0) is 24.9 Å². The number of carbonyl (C=O) groups is 3. The van der Waals surface area contributed by atoms with Gasteiger partial charge in [-0.2, -0.15) is 0 Å². The fourth-order valence-electron chi connectivity index (χ4n) is 3.72. The van der Waals surface area contributed by atoms with Gasteiger partial charge >= 0.3 is 6.03 Å². The van der Waals surface area contributed by atoms with Crippen LogP contribution in [-0.4, -0.2) is 83.8 Å². The topological polar surface area (TPSA) is 116 Å². The Kier molecular flexibility index (Phi) is 7.04. The molecule has 0 spiro atoms. The van der Waals surface area contributed by atoms with Crippen LogP contribution in [0.3, 0.4) is 0 Å². The molecule has 1 heterocycles. The molecule has 0 atom stereocenters. The molecule has 10 heteroatoms. The van der Waals surface area contributed by atoms with Crippen LogP contribution in [0.2, 0.25) is 0 Å². The van der Waals surface area contributed by atoms with Crippen molar-refractivity contribution in [2.24, 2.45) is 0 Å². The molecule has 0 aromatic heterocycles. The molecule has 1 N–H and O–H groups in total. The zero-order valence-corrected chi connectivity index (χ0v) is 18.5. The Balaban J connectivity index is 1.73. The summed E-state index contributed by atoms with van der Waals surface area (Å²) in [6, 6.07) is 7.42. The van der Waals surface area contributed by atoms with Crippen molar-refractivity contribution in [1.29, 1.82) is 0 Å². The monoisotopic (exact) mass is 441 g/mol. The van der Waals surface area contributed by atoms with Gasteiger partial charge in [-0.3, -0.25) is 24.6 Å². The molecule has 0 aliphatic carbocycles. The van der Waals surface area contributed by atoms with Gasteiger partial charge in [0.15, 0.2) is 0 Å². The Morgan fingerprint density at radius 1 is 1.09 bits per heavy atom. The summed E-state index contributed by atoms with van der Waals surface area (Å²) >= 11 is 0. The number of urea groups is 1. The first-order valence-corrected chi connectivity index (χ1v) is 10.6. The van der Waals surface area contributed by atoms with E-state index < -0.39 is 16.7 Å². The molecule has 1 aliphatic heterocycles. The fourth-order valence-corrected chi connectivity index (χ4v) is 3.72. The predicted molar refractivity (Wildman–Crippen MR) is 120 cm³/mol. The van der Waals surface area contributed by atoms with E-state index in [1.807, 2.05) is 18.7 Å². The van der Waals surface area contributed by atoms with Crippen molar-refractivity contribution in [2.45, 2.75) is 13.8 Å². The molecule has 0 bridgehead atoms. The Hall–Kier alpha value is -3.53. The Morgan fingerprint density at radius 2 is 1.81 bits per heavy atom. The van der Waals surface area contributed by atoms with E-state index >= 15 is 0 Å². The zero-order valence-electron chi connectivity index (χ0n) is 18.5. The lowest BCUT2D eigenvalue weighted by Gasteiger charge is -2.29. The highest BCUT2D eigenvalue weighted by molar-refractivity contribution is 6.25. The smallest absolute Gasteiger partial charge is 0.317 e. The first kappa shape index (κ1) is 23.1. The molecule has 4 amide bonds. The van der Waals surface area contributed by atoms with Crippen molar-refractivity contribution in [3.63, 3.8) is 0 Å². The second-order valence-electron chi connectivity index (χ2n) is 7.60. The third kappa shape index (κ3) is 4.54. The average Bonchev–Trinajstić information content (AvgIpc) is 2.79. The van der Waals surface area contributed by atoms with Crippen molar-refractivity contribution in [3.8, 4) is 0 Å². The molecular weight excluding hydrogens is 414 g/mol. The number of nitrogens with zero attached hydrogens (tertiary/aromatic N) is 4. The van der Waals surface area contributed by atoms with Crippen LogP contribution in [0.4, 0.5) is 10.5 Å². The Morgan fingerprint density at radius 3 is 2.47 bits per heavy atom. The summed E-state index contributed by atoms with van der Waals surface area (Å²) in [6.07, 6.45) is 0. The second kappa shape index (κ2) is 9.73. The van der Waals surface area contributed by atoms with Gasteiger partial charge in [0.25, 0.3) is 17.5 Å². The molecule has 0 saturated heterocycles. The molecule has 32 heavy (non-hydrogen) atoms. The van der Waals surface area contributed by atoms with Crippen molar-refractivity contribution in [2.75, 3.05) is 46.3 Å². The quantitative estimate of drug-likeness (QED) is 0.363. The van der Waals surface area contributed by atoms with E-state index in [9.17, 15) is 24.5 Å². The van der Waals surface area contributed by atoms with E-state index in [2.05, 4.69) is 5.32 Å². The van der Waals surface area contributed by atoms with E-state index in [-0.39, 0.29) is 23.8 Å². The van der Waals surface area contributed by atoms with E-state index in [0.29, 0.717) is 49.1 Å². The number of rotatable bonds is 9. The average molecular weight is 441 g/mol. The molecule has 0 saturated carbocycles. The van der Waals surface area contributed by atoms with Crippen LogP contribution in [0.25, 0.3) is 10.8 Å². The zero-order chi connectivity index (χ0) is 23.4. The SMILES string of the molecule is CCN(CCNC(=O)N(C)CC)CCN1C(=O)c2cccc3cc([N+](=O)[O-])cc(c23)C1=O. The minimum Gasteiger partial charge on any atom is -0.337 e. The number of benzene rings is 2. The lowest BCUT2D eigenvalue weighted by atomic mass is 9.93. The van der Waals surface area contributed by atoms with E-state index in [0.717, 1.165) is 4.90 Å². The van der Waals surface area contributed by atoms with Gasteiger partial charge in [0.05, 0.1) is 10.5 Å². The summed E-state index contributed by atoms with van der Waals surface area (Å²) in [5, 5.41) is 15.1. The summed E-state index contributed by atoms with van der Waals surface area (Å²) < 4.78 is 0. The number of imide groups is 1. The van der Waals surface area contributed by atoms with E-state index in [1.165, 1.54) is 12.1 Å². The maximum Gasteiger partial charge on any atom is 0.317 e. The number of nitro benzene ring substituents is 1. The third-order valence-corrected chi connectivity index (χ3v) is 5.74. The standard InChI is InChI=1S/C22H27N5O5/c1-4-24(3)22(30)23-9-10-25(5-2)11-12-26-20(28)17-8-6-7-15-13-16(27(31)32)14-18(19(15)17)21(26)29/h6-8,13-14H,4-5,9-12H2,1-3H3,(H,23,30). The highest BCUT2D eigenvalue weighted by Gasteiger charge is 2.34. The van der Waals surface area contributed by atoms with Gasteiger partial charge in [0, 0.05) is 62.9 Å². The van der Waals surface area contributed by atoms with Crippen LogP contribution in [0.15, 0.2) is 30.3 Å². The highest BCUT2D eigenvalue weighted by atomic mass is 16.6. The first-order chi connectivity index (χ1) is 15.3. The number of likely N-dealkylation sites (N-methyl/N-ethyl adjacent to an activating group) is 1. The minimum absolute atomic E-state index is 0.146. The van der Waals surface area contributed by atoms with Gasteiger partial charge in [0.1, 0.15) is 0 Å². The maximum atomic E-state index is 13.1.